The molecule has 0 atom stereocenters. The number of hydrogen-bond acceptors (Lipinski definition) is 3. The van der Waals surface area contributed by atoms with Crippen LogP contribution in [0.2, 0.25) is 0 Å². The Hall–Kier alpha value is -2.77. The van der Waals surface area contributed by atoms with E-state index in [1.165, 1.54) is 0 Å². The van der Waals surface area contributed by atoms with Crippen molar-refractivity contribution in [3.8, 4) is 11.4 Å². The minimum absolute atomic E-state index is 0.304. The molecular formula is C17H11N3S. The van der Waals surface area contributed by atoms with Crippen molar-refractivity contribution in [2.75, 3.05) is 0 Å². The molecule has 0 radical (unpaired) electrons. The first-order chi connectivity index (χ1) is 10.3. The van der Waals surface area contributed by atoms with Crippen LogP contribution < -0.4 is 0 Å². The highest BCUT2D eigenvalue weighted by Crippen LogP contribution is 2.17. The van der Waals surface area contributed by atoms with Crippen molar-refractivity contribution in [2.45, 2.75) is 0 Å². The van der Waals surface area contributed by atoms with Gasteiger partial charge >= 0.3 is 0 Å². The van der Waals surface area contributed by atoms with E-state index in [2.05, 4.69) is 26.4 Å². The monoisotopic (exact) mass is 289 g/mol. The molecule has 100 valence electrons. The highest BCUT2D eigenvalue weighted by Gasteiger charge is 2.05. The third kappa shape index (κ3) is 3.22. The standard InChI is InChI=1S/C17H11N3S/c21-17-19-15(13-9-5-2-1-3-6-10-13)18-16(20-17)14-11-7-4-8-12-14/h2-9,11-12H,(H,18,19,20,21)/b9-5-. The lowest BCUT2D eigenvalue weighted by Crippen LogP contribution is -1.99. The lowest BCUT2D eigenvalue weighted by atomic mass is 10.2. The average Bonchev–Trinajstić information content (AvgIpc) is 2.47. The number of nitrogens with one attached hydrogen (secondary N) is 1. The molecule has 1 aromatic carbocycles. The number of benzene rings is 1. The van der Waals surface area contributed by atoms with Gasteiger partial charge in [-0.1, -0.05) is 36.4 Å². The molecule has 0 fully saturated rings. The zero-order valence-corrected chi connectivity index (χ0v) is 11.9. The molecule has 0 aliphatic heterocycles. The van der Waals surface area contributed by atoms with Gasteiger partial charge < -0.3 is 4.98 Å². The minimum atomic E-state index is 0.304. The van der Waals surface area contributed by atoms with E-state index in [9.17, 15) is 0 Å². The Labute approximate surface area is 127 Å². The maximum Gasteiger partial charge on any atom is 0.223 e. The van der Waals surface area contributed by atoms with Gasteiger partial charge in [-0.15, -0.1) is 11.5 Å². The van der Waals surface area contributed by atoms with Gasteiger partial charge in [-0.3, -0.25) is 0 Å². The van der Waals surface area contributed by atoms with Crippen molar-refractivity contribution in [1.29, 1.82) is 0 Å². The van der Waals surface area contributed by atoms with Crippen molar-refractivity contribution >= 4 is 17.8 Å². The Balaban J connectivity index is 2.13. The van der Waals surface area contributed by atoms with E-state index >= 15 is 0 Å². The summed E-state index contributed by atoms with van der Waals surface area (Å²) in [7, 11) is 0. The third-order valence-corrected chi connectivity index (χ3v) is 3.01. The van der Waals surface area contributed by atoms with Gasteiger partial charge in [-0.25, -0.2) is 4.98 Å². The number of nitrogens with zero attached hydrogens (tertiary/aromatic N) is 2. The van der Waals surface area contributed by atoms with Crippen LogP contribution in [0.25, 0.3) is 17.0 Å². The van der Waals surface area contributed by atoms with Gasteiger partial charge in [0.2, 0.25) is 4.77 Å². The predicted molar refractivity (Wildman–Crippen MR) is 85.9 cm³/mol. The van der Waals surface area contributed by atoms with Crippen molar-refractivity contribution in [2.24, 2.45) is 0 Å². The molecule has 1 aromatic heterocycles. The van der Waals surface area contributed by atoms with E-state index in [0.717, 1.165) is 11.1 Å². The topological polar surface area (TPSA) is 41.6 Å². The van der Waals surface area contributed by atoms with E-state index in [-0.39, 0.29) is 0 Å². The van der Waals surface area contributed by atoms with E-state index in [1.807, 2.05) is 48.6 Å². The van der Waals surface area contributed by atoms with Gasteiger partial charge in [0.05, 0.1) is 5.57 Å². The Kier molecular flexibility index (Phi) is 3.85. The Morgan fingerprint density at radius 3 is 2.62 bits per heavy atom. The molecule has 0 bridgehead atoms. The second kappa shape index (κ2) is 6.12. The summed E-state index contributed by atoms with van der Waals surface area (Å²) in [6.45, 7) is 0. The lowest BCUT2D eigenvalue weighted by Gasteiger charge is -2.04. The molecule has 1 aliphatic carbocycles. The molecular weight excluding hydrogens is 278 g/mol. The summed E-state index contributed by atoms with van der Waals surface area (Å²) < 4.78 is 0.304. The fourth-order valence-electron chi connectivity index (χ4n) is 1.88. The minimum Gasteiger partial charge on any atom is -0.323 e. The van der Waals surface area contributed by atoms with Crippen LogP contribution in [0.1, 0.15) is 5.82 Å². The molecule has 1 aliphatic rings. The summed E-state index contributed by atoms with van der Waals surface area (Å²) in [5.74, 6) is 1.34. The van der Waals surface area contributed by atoms with Crippen LogP contribution in [-0.2, 0) is 0 Å². The van der Waals surface area contributed by atoms with Crippen LogP contribution in [0.3, 0.4) is 0 Å². The number of allylic oxidation sites excluding steroid dienone is 4. The fourth-order valence-corrected chi connectivity index (χ4v) is 2.06. The van der Waals surface area contributed by atoms with Crippen LogP contribution in [0.4, 0.5) is 0 Å². The second-order valence-corrected chi connectivity index (χ2v) is 4.64. The van der Waals surface area contributed by atoms with Gasteiger partial charge in [0.1, 0.15) is 11.6 Å². The van der Waals surface area contributed by atoms with Crippen LogP contribution in [0, 0.1) is 4.77 Å². The molecule has 0 saturated heterocycles. The van der Waals surface area contributed by atoms with Crippen molar-refractivity contribution in [1.82, 2.24) is 15.0 Å². The van der Waals surface area contributed by atoms with Crippen LogP contribution in [-0.4, -0.2) is 15.0 Å². The summed E-state index contributed by atoms with van der Waals surface area (Å²) >= 11 is 5.17. The maximum absolute atomic E-state index is 5.17. The van der Waals surface area contributed by atoms with Gasteiger partial charge in [-0.05, 0) is 36.5 Å². The molecule has 0 unspecified atom stereocenters. The first-order valence-electron chi connectivity index (χ1n) is 6.41. The molecule has 1 heterocycles. The molecule has 0 spiro atoms. The predicted octanol–water partition coefficient (Wildman–Crippen LogP) is 4.02. The summed E-state index contributed by atoms with van der Waals surface area (Å²) in [5, 5.41) is 0. The summed E-state index contributed by atoms with van der Waals surface area (Å²) in [4.78, 5) is 11.8. The fraction of sp³-hybridized carbons (Fsp3) is 0. The first-order valence-corrected chi connectivity index (χ1v) is 6.82. The molecule has 0 amide bonds. The average molecular weight is 289 g/mol. The summed E-state index contributed by atoms with van der Waals surface area (Å²) in [5.41, 5.74) is 7.90. The smallest absolute Gasteiger partial charge is 0.223 e. The molecule has 2 aromatic rings. The lowest BCUT2D eigenvalue weighted by molar-refractivity contribution is 1.01. The summed E-state index contributed by atoms with van der Waals surface area (Å²) in [6, 6.07) is 9.82. The third-order valence-electron chi connectivity index (χ3n) is 2.83. The summed E-state index contributed by atoms with van der Waals surface area (Å²) in [6.07, 6.45) is 9.19. The molecule has 0 saturated carbocycles. The number of rotatable bonds is 2. The first kappa shape index (κ1) is 13.2. The molecule has 21 heavy (non-hydrogen) atoms. The molecule has 3 nitrogen and oxygen atoms in total. The van der Waals surface area contributed by atoms with Crippen molar-refractivity contribution in [3.05, 3.63) is 82.8 Å². The highest BCUT2D eigenvalue weighted by atomic mass is 32.1. The van der Waals surface area contributed by atoms with Gasteiger partial charge in [0, 0.05) is 5.56 Å². The Morgan fingerprint density at radius 2 is 1.76 bits per heavy atom. The Bertz CT molecular complexity index is 876. The van der Waals surface area contributed by atoms with E-state index in [1.54, 1.807) is 12.2 Å². The zero-order valence-electron chi connectivity index (χ0n) is 11.1. The number of hydrogen-bond donors (Lipinski definition) is 1. The number of aromatic nitrogens is 3. The van der Waals surface area contributed by atoms with Gasteiger partial charge in [-0.2, -0.15) is 4.98 Å². The maximum atomic E-state index is 5.17. The number of aromatic amines is 1. The van der Waals surface area contributed by atoms with Crippen LogP contribution in [0.5, 0.6) is 0 Å². The van der Waals surface area contributed by atoms with Gasteiger partial charge in [0.15, 0.2) is 0 Å². The van der Waals surface area contributed by atoms with Crippen molar-refractivity contribution in [3.63, 3.8) is 0 Å². The van der Waals surface area contributed by atoms with Gasteiger partial charge in [0.25, 0.3) is 0 Å². The molecule has 3 rings (SSSR count). The molecule has 4 heteroatoms. The second-order valence-electron chi connectivity index (χ2n) is 4.28. The van der Waals surface area contributed by atoms with Crippen molar-refractivity contribution < 1.29 is 0 Å². The number of H-pyrrole nitrogens is 1. The zero-order chi connectivity index (χ0) is 14.5. The SMILES string of the molecule is S=c1nc(C2=C=CC=C=C/C=C\2)[nH]c(-c2ccccc2)n1. The van der Waals surface area contributed by atoms with Crippen LogP contribution in [0.15, 0.2) is 72.2 Å². The van der Waals surface area contributed by atoms with E-state index in [4.69, 9.17) is 12.2 Å². The van der Waals surface area contributed by atoms with E-state index in [0.29, 0.717) is 16.4 Å². The largest absolute Gasteiger partial charge is 0.323 e. The van der Waals surface area contributed by atoms with E-state index < -0.39 is 0 Å². The molecule has 1 N–H and O–H groups in total. The highest BCUT2D eigenvalue weighted by molar-refractivity contribution is 7.71. The quantitative estimate of drug-likeness (QED) is 0.670. The van der Waals surface area contributed by atoms with Crippen LogP contribution >= 0.6 is 12.2 Å². The Morgan fingerprint density at radius 1 is 0.952 bits per heavy atom. The normalized spacial score (nSPS) is 14.4.